The van der Waals surface area contributed by atoms with Crippen LogP contribution in [-0.2, 0) is 6.42 Å². The van der Waals surface area contributed by atoms with Gasteiger partial charge in [0.25, 0.3) is 0 Å². The predicted octanol–water partition coefficient (Wildman–Crippen LogP) is 7.85. The molecule has 0 amide bonds. The van der Waals surface area contributed by atoms with Crippen LogP contribution in [0.4, 0.5) is 16.0 Å². The number of para-hydroxylation sites is 1. The Morgan fingerprint density at radius 3 is 2.35 bits per heavy atom. The Morgan fingerprint density at radius 1 is 0.853 bits per heavy atom. The molecule has 2 aromatic heterocycles. The molecule has 2 N–H and O–H groups in total. The molecule has 0 radical (unpaired) electrons. The largest absolute Gasteiger partial charge is 0.497 e. The van der Waals surface area contributed by atoms with E-state index < -0.39 is 0 Å². The number of hydrogen-bond acceptors (Lipinski definition) is 7. The zero-order valence-corrected chi connectivity index (χ0v) is 21.2. The molecule has 0 fully saturated rings. The third-order valence-electron chi connectivity index (χ3n) is 5.08. The summed E-state index contributed by atoms with van der Waals surface area (Å²) in [5.74, 6) is 0.845. The summed E-state index contributed by atoms with van der Waals surface area (Å²) in [7, 11) is 1.67. The van der Waals surface area contributed by atoms with Crippen molar-refractivity contribution >= 4 is 48.8 Å². The molecular weight excluding hydrogens is 460 g/mol. The van der Waals surface area contributed by atoms with Gasteiger partial charge in [-0.05, 0) is 60.5 Å². The summed E-state index contributed by atoms with van der Waals surface area (Å²) in [6, 6.07) is 24.7. The Bertz CT molecular complexity index is 1280. The van der Waals surface area contributed by atoms with Crippen molar-refractivity contribution in [3.63, 3.8) is 0 Å². The summed E-state index contributed by atoms with van der Waals surface area (Å²) in [5, 5.41) is 10.7. The topological polar surface area (TPSA) is 59.1 Å². The third-order valence-corrected chi connectivity index (χ3v) is 6.83. The van der Waals surface area contributed by atoms with Crippen LogP contribution < -0.4 is 15.4 Å². The van der Waals surface area contributed by atoms with Gasteiger partial charge >= 0.3 is 0 Å². The number of aromatic nitrogens is 2. The summed E-state index contributed by atoms with van der Waals surface area (Å²) >= 11 is 3.29. The third kappa shape index (κ3) is 5.92. The Kier molecular flexibility index (Phi) is 8.12. The normalized spacial score (nSPS) is 10.4. The van der Waals surface area contributed by atoms with Crippen LogP contribution in [-0.4, -0.2) is 23.6 Å². The second kappa shape index (κ2) is 11.6. The number of fused-ring (bicyclic) bond motifs is 1. The lowest BCUT2D eigenvalue weighted by molar-refractivity contribution is 0.415. The molecule has 2 heterocycles. The molecule has 34 heavy (non-hydrogen) atoms. The van der Waals surface area contributed by atoms with Crippen LogP contribution in [0.15, 0.2) is 78.2 Å². The molecular formula is C27H28N4OS2. The fourth-order valence-electron chi connectivity index (χ4n) is 3.37. The Labute approximate surface area is 208 Å². The van der Waals surface area contributed by atoms with Gasteiger partial charge in [0.15, 0.2) is 10.3 Å². The van der Waals surface area contributed by atoms with Gasteiger partial charge in [0.2, 0.25) is 0 Å². The van der Waals surface area contributed by atoms with Gasteiger partial charge in [-0.25, -0.2) is 9.97 Å². The lowest BCUT2D eigenvalue weighted by Gasteiger charge is -2.06. The van der Waals surface area contributed by atoms with Crippen LogP contribution in [0.25, 0.3) is 21.5 Å². The van der Waals surface area contributed by atoms with Crippen molar-refractivity contribution < 1.29 is 4.74 Å². The highest BCUT2D eigenvalue weighted by atomic mass is 32.1. The van der Waals surface area contributed by atoms with E-state index in [-0.39, 0.29) is 0 Å². The maximum atomic E-state index is 5.22. The van der Waals surface area contributed by atoms with Crippen LogP contribution in [0, 0.1) is 0 Å². The van der Waals surface area contributed by atoms with Gasteiger partial charge in [-0.3, -0.25) is 0 Å². The van der Waals surface area contributed by atoms with Gasteiger partial charge in [0, 0.05) is 23.2 Å². The quantitative estimate of drug-likeness (QED) is 0.233. The van der Waals surface area contributed by atoms with E-state index in [0.717, 1.165) is 51.4 Å². The first kappa shape index (κ1) is 23.7. The molecule has 0 spiro atoms. The van der Waals surface area contributed by atoms with Gasteiger partial charge in [-0.15, -0.1) is 11.3 Å². The van der Waals surface area contributed by atoms with E-state index in [1.807, 2.05) is 56.3 Å². The first-order chi connectivity index (χ1) is 16.8. The Hall–Kier alpha value is -3.42. The summed E-state index contributed by atoms with van der Waals surface area (Å²) in [6.07, 6.45) is 0.940. The molecule has 0 aliphatic rings. The zero-order chi connectivity index (χ0) is 23.8. The number of anilines is 3. The van der Waals surface area contributed by atoms with Crippen LogP contribution in [0.3, 0.4) is 0 Å². The number of thiazole rings is 2. The van der Waals surface area contributed by atoms with Crippen molar-refractivity contribution in [2.45, 2.75) is 20.3 Å². The molecule has 174 valence electrons. The van der Waals surface area contributed by atoms with Crippen molar-refractivity contribution in [3.05, 3.63) is 83.7 Å². The van der Waals surface area contributed by atoms with Crippen molar-refractivity contribution in [3.8, 4) is 17.0 Å². The molecule has 0 bridgehead atoms. The second-order valence-corrected chi connectivity index (χ2v) is 9.14. The molecule has 0 aliphatic heterocycles. The summed E-state index contributed by atoms with van der Waals surface area (Å²) in [4.78, 5) is 9.33. The molecule has 7 heteroatoms. The van der Waals surface area contributed by atoms with E-state index in [1.165, 1.54) is 10.3 Å². The maximum absolute atomic E-state index is 5.22. The second-order valence-electron chi connectivity index (χ2n) is 7.25. The van der Waals surface area contributed by atoms with E-state index in [0.29, 0.717) is 0 Å². The minimum atomic E-state index is 0.845. The van der Waals surface area contributed by atoms with E-state index in [9.17, 15) is 0 Å². The molecule has 5 rings (SSSR count). The maximum Gasteiger partial charge on any atom is 0.187 e. The fraction of sp³-hybridized carbons (Fsp3) is 0.185. The average molecular weight is 489 g/mol. The smallest absolute Gasteiger partial charge is 0.187 e. The highest BCUT2D eigenvalue weighted by Crippen LogP contribution is 2.29. The van der Waals surface area contributed by atoms with E-state index in [1.54, 1.807) is 29.8 Å². The Morgan fingerprint density at radius 2 is 1.62 bits per heavy atom. The number of rotatable bonds is 8. The standard InChI is InChI=1S/C25H22N4OS2.C2H6/c1-30-20-12-8-18(9-13-20)22-16-31-25(29-22)27-19-10-6-17(7-11-19)14-15-26-24-28-21-4-2-3-5-23(21)32-24;1-2/h2-13,16H,14-15H2,1H3,(H,26,28)(H,27,29);1-2H3. The van der Waals surface area contributed by atoms with Crippen LogP contribution >= 0.6 is 22.7 Å². The van der Waals surface area contributed by atoms with Crippen molar-refractivity contribution in [1.29, 1.82) is 0 Å². The minimum absolute atomic E-state index is 0.845. The average Bonchev–Trinajstić information content (AvgIpc) is 3.53. The molecule has 5 aromatic rings. The van der Waals surface area contributed by atoms with Gasteiger partial charge < -0.3 is 15.4 Å². The van der Waals surface area contributed by atoms with Gasteiger partial charge in [-0.1, -0.05) is 49.4 Å². The summed E-state index contributed by atoms with van der Waals surface area (Å²) in [6.45, 7) is 4.85. The van der Waals surface area contributed by atoms with Gasteiger partial charge in [0.1, 0.15) is 5.75 Å². The number of methoxy groups -OCH3 is 1. The van der Waals surface area contributed by atoms with Crippen molar-refractivity contribution in [2.75, 3.05) is 24.3 Å². The highest BCUT2D eigenvalue weighted by molar-refractivity contribution is 7.22. The van der Waals surface area contributed by atoms with Crippen LogP contribution in [0.5, 0.6) is 5.75 Å². The molecule has 3 aromatic carbocycles. The number of nitrogens with one attached hydrogen (secondary N) is 2. The SMILES string of the molecule is CC.COc1ccc(-c2csc(Nc3ccc(CCNc4nc5ccccc5s4)cc3)n2)cc1. The number of nitrogens with zero attached hydrogens (tertiary/aromatic N) is 2. The molecule has 0 saturated heterocycles. The first-order valence-electron chi connectivity index (χ1n) is 11.3. The van der Waals surface area contributed by atoms with E-state index in [2.05, 4.69) is 51.3 Å². The predicted molar refractivity (Wildman–Crippen MR) is 147 cm³/mol. The molecule has 0 unspecified atom stereocenters. The summed E-state index contributed by atoms with van der Waals surface area (Å²) < 4.78 is 6.43. The lowest BCUT2D eigenvalue weighted by atomic mass is 10.1. The van der Waals surface area contributed by atoms with Crippen LogP contribution in [0.2, 0.25) is 0 Å². The minimum Gasteiger partial charge on any atom is -0.497 e. The number of hydrogen-bond donors (Lipinski definition) is 2. The zero-order valence-electron chi connectivity index (χ0n) is 19.5. The monoisotopic (exact) mass is 488 g/mol. The molecule has 5 nitrogen and oxygen atoms in total. The molecule has 0 aliphatic carbocycles. The highest BCUT2D eigenvalue weighted by Gasteiger charge is 2.06. The number of benzene rings is 3. The first-order valence-corrected chi connectivity index (χ1v) is 13.0. The molecule has 0 atom stereocenters. The lowest BCUT2D eigenvalue weighted by Crippen LogP contribution is -2.04. The van der Waals surface area contributed by atoms with Crippen molar-refractivity contribution in [2.24, 2.45) is 0 Å². The van der Waals surface area contributed by atoms with E-state index >= 15 is 0 Å². The van der Waals surface area contributed by atoms with Gasteiger partial charge in [-0.2, -0.15) is 0 Å². The molecule has 0 saturated carbocycles. The van der Waals surface area contributed by atoms with Crippen molar-refractivity contribution in [1.82, 2.24) is 9.97 Å². The Balaban J connectivity index is 0.00000133. The summed E-state index contributed by atoms with van der Waals surface area (Å²) in [5.41, 5.74) is 5.39. The number of ether oxygens (including phenoxy) is 1. The van der Waals surface area contributed by atoms with Crippen LogP contribution in [0.1, 0.15) is 19.4 Å². The fourth-order valence-corrected chi connectivity index (χ4v) is 5.00. The van der Waals surface area contributed by atoms with E-state index in [4.69, 9.17) is 9.72 Å². The van der Waals surface area contributed by atoms with Gasteiger partial charge in [0.05, 0.1) is 23.0 Å².